The maximum atomic E-state index is 12.9. The molecule has 0 unspecified atom stereocenters. The molecule has 1 aromatic carbocycles. The molecule has 0 bridgehead atoms. The van der Waals surface area contributed by atoms with Crippen molar-refractivity contribution in [2.75, 3.05) is 30.9 Å². The van der Waals surface area contributed by atoms with Crippen molar-refractivity contribution in [3.63, 3.8) is 0 Å². The topological polar surface area (TPSA) is 86.7 Å². The van der Waals surface area contributed by atoms with Gasteiger partial charge in [0.05, 0.1) is 12.2 Å². The van der Waals surface area contributed by atoms with Gasteiger partial charge < -0.3 is 4.90 Å². The van der Waals surface area contributed by atoms with Gasteiger partial charge in [-0.3, -0.25) is 4.90 Å². The summed E-state index contributed by atoms with van der Waals surface area (Å²) < 4.78 is 26.6. The minimum Gasteiger partial charge on any atom is -0.363 e. The molecular formula is C16H19N5O3S. The van der Waals surface area contributed by atoms with Crippen molar-refractivity contribution in [2.24, 2.45) is 0 Å². The van der Waals surface area contributed by atoms with Crippen LogP contribution in [0.1, 0.15) is 11.5 Å². The standard InChI is InChI=1S/C16H19N5O3S/c1-11-9-15(19(2)3)18-14(17-11)10-21-16(22)20(4)12-7-5-6-8-13(12)25(21,23)24/h5-9H,10H2,1-4H3. The summed E-state index contributed by atoms with van der Waals surface area (Å²) in [5.41, 5.74) is 1.06. The van der Waals surface area contributed by atoms with Crippen LogP contribution in [-0.4, -0.2) is 49.9 Å². The quantitative estimate of drug-likeness (QED) is 0.825. The normalized spacial score (nSPS) is 15.9. The molecule has 0 radical (unpaired) electrons. The average Bonchev–Trinajstić information content (AvgIpc) is 2.56. The number of aromatic nitrogens is 2. The highest BCUT2D eigenvalue weighted by atomic mass is 32.2. The van der Waals surface area contributed by atoms with E-state index in [1.807, 2.05) is 14.1 Å². The molecule has 0 N–H and O–H groups in total. The molecule has 2 amide bonds. The summed E-state index contributed by atoms with van der Waals surface area (Å²) in [6.45, 7) is 1.58. The van der Waals surface area contributed by atoms with Gasteiger partial charge in [-0.1, -0.05) is 12.1 Å². The van der Waals surface area contributed by atoms with E-state index in [-0.39, 0.29) is 17.3 Å². The molecule has 8 nitrogen and oxygen atoms in total. The highest BCUT2D eigenvalue weighted by Crippen LogP contribution is 2.33. The van der Waals surface area contributed by atoms with Crippen LogP contribution in [0.2, 0.25) is 0 Å². The Kier molecular flexibility index (Phi) is 4.11. The molecule has 0 fully saturated rings. The summed E-state index contributed by atoms with van der Waals surface area (Å²) >= 11 is 0. The van der Waals surface area contributed by atoms with Crippen LogP contribution in [-0.2, 0) is 16.6 Å². The third-order valence-corrected chi connectivity index (χ3v) is 5.69. The third-order valence-electron chi connectivity index (χ3n) is 3.93. The van der Waals surface area contributed by atoms with Crippen molar-refractivity contribution in [1.29, 1.82) is 0 Å². The number of hydrogen-bond donors (Lipinski definition) is 0. The monoisotopic (exact) mass is 361 g/mol. The Bertz CT molecular complexity index is 943. The molecule has 2 aromatic rings. The van der Waals surface area contributed by atoms with Crippen molar-refractivity contribution in [3.8, 4) is 0 Å². The van der Waals surface area contributed by atoms with Gasteiger partial charge in [0.1, 0.15) is 10.7 Å². The van der Waals surface area contributed by atoms with Crippen LogP contribution < -0.4 is 9.80 Å². The van der Waals surface area contributed by atoms with Gasteiger partial charge in [-0.15, -0.1) is 0 Å². The minimum absolute atomic E-state index is 0.0950. The van der Waals surface area contributed by atoms with Crippen LogP contribution in [0.5, 0.6) is 0 Å². The maximum absolute atomic E-state index is 12.9. The zero-order valence-corrected chi connectivity index (χ0v) is 15.3. The van der Waals surface area contributed by atoms with E-state index in [0.29, 0.717) is 17.2 Å². The molecule has 0 saturated heterocycles. The number of urea groups is 1. The van der Waals surface area contributed by atoms with E-state index in [9.17, 15) is 13.2 Å². The number of para-hydroxylation sites is 1. The lowest BCUT2D eigenvalue weighted by molar-refractivity contribution is 0.227. The average molecular weight is 361 g/mol. The van der Waals surface area contributed by atoms with Crippen molar-refractivity contribution in [3.05, 3.63) is 41.9 Å². The summed E-state index contributed by atoms with van der Waals surface area (Å²) in [4.78, 5) is 24.5. The van der Waals surface area contributed by atoms with Crippen LogP contribution >= 0.6 is 0 Å². The number of carbonyl (C=O) groups excluding carboxylic acids is 1. The van der Waals surface area contributed by atoms with Crippen LogP contribution in [0, 0.1) is 6.92 Å². The van der Waals surface area contributed by atoms with Gasteiger partial charge >= 0.3 is 6.03 Å². The Morgan fingerprint density at radius 1 is 1.16 bits per heavy atom. The van der Waals surface area contributed by atoms with Crippen molar-refractivity contribution >= 4 is 27.6 Å². The molecule has 0 saturated carbocycles. The molecule has 3 rings (SSSR count). The van der Waals surface area contributed by atoms with E-state index in [4.69, 9.17) is 0 Å². The Morgan fingerprint density at radius 2 is 1.84 bits per heavy atom. The number of aryl methyl sites for hydroxylation is 1. The summed E-state index contributed by atoms with van der Waals surface area (Å²) in [6.07, 6.45) is 0. The molecule has 25 heavy (non-hydrogen) atoms. The first kappa shape index (κ1) is 17.2. The fourth-order valence-electron chi connectivity index (χ4n) is 2.64. The number of benzene rings is 1. The number of nitrogens with zero attached hydrogens (tertiary/aromatic N) is 5. The van der Waals surface area contributed by atoms with E-state index in [2.05, 4.69) is 9.97 Å². The Hall–Kier alpha value is -2.68. The number of hydrogen-bond acceptors (Lipinski definition) is 6. The number of sulfonamides is 1. The number of rotatable bonds is 3. The predicted octanol–water partition coefficient (Wildman–Crippen LogP) is 1.61. The second-order valence-electron chi connectivity index (χ2n) is 6.00. The number of fused-ring (bicyclic) bond motifs is 1. The highest BCUT2D eigenvalue weighted by Gasteiger charge is 2.40. The summed E-state index contributed by atoms with van der Waals surface area (Å²) in [5, 5.41) is 0. The number of amides is 2. The Morgan fingerprint density at radius 3 is 2.52 bits per heavy atom. The Balaban J connectivity index is 2.05. The first-order valence-electron chi connectivity index (χ1n) is 7.63. The minimum atomic E-state index is -3.96. The lowest BCUT2D eigenvalue weighted by atomic mass is 10.3. The number of anilines is 2. The predicted molar refractivity (Wildman–Crippen MR) is 94.1 cm³/mol. The zero-order valence-electron chi connectivity index (χ0n) is 14.5. The second-order valence-corrected chi connectivity index (χ2v) is 7.83. The lowest BCUT2D eigenvalue weighted by Crippen LogP contribution is -2.48. The van der Waals surface area contributed by atoms with Crippen molar-refractivity contribution < 1.29 is 13.2 Å². The molecule has 1 aliphatic heterocycles. The molecule has 0 atom stereocenters. The van der Waals surface area contributed by atoms with E-state index < -0.39 is 16.1 Å². The van der Waals surface area contributed by atoms with Crippen LogP contribution in [0.25, 0.3) is 0 Å². The third kappa shape index (κ3) is 2.91. The van der Waals surface area contributed by atoms with Crippen LogP contribution in [0.15, 0.2) is 35.2 Å². The fourth-order valence-corrected chi connectivity index (χ4v) is 4.21. The van der Waals surface area contributed by atoms with Gasteiger partial charge in [0, 0.05) is 32.9 Å². The molecular weight excluding hydrogens is 342 g/mol. The van der Waals surface area contributed by atoms with E-state index >= 15 is 0 Å². The number of carbonyl (C=O) groups is 1. The summed E-state index contributed by atoms with van der Waals surface area (Å²) in [6, 6.07) is 7.58. The van der Waals surface area contributed by atoms with E-state index in [1.54, 1.807) is 43.1 Å². The largest absolute Gasteiger partial charge is 0.363 e. The van der Waals surface area contributed by atoms with Gasteiger partial charge in [-0.2, -0.15) is 0 Å². The molecule has 132 valence electrons. The SMILES string of the molecule is Cc1cc(N(C)C)nc(CN2C(=O)N(C)c3ccccc3S2(=O)=O)n1. The van der Waals surface area contributed by atoms with E-state index in [0.717, 1.165) is 4.31 Å². The Labute approximate surface area is 146 Å². The van der Waals surface area contributed by atoms with Gasteiger partial charge in [-0.25, -0.2) is 27.5 Å². The van der Waals surface area contributed by atoms with Gasteiger partial charge in [0.2, 0.25) is 0 Å². The van der Waals surface area contributed by atoms with Crippen LogP contribution in [0.4, 0.5) is 16.3 Å². The molecule has 1 aliphatic rings. The van der Waals surface area contributed by atoms with Gasteiger partial charge in [0.15, 0.2) is 5.82 Å². The fraction of sp³-hybridized carbons (Fsp3) is 0.312. The van der Waals surface area contributed by atoms with Gasteiger partial charge in [0.25, 0.3) is 10.0 Å². The molecule has 2 heterocycles. The van der Waals surface area contributed by atoms with Gasteiger partial charge in [-0.05, 0) is 19.1 Å². The summed E-state index contributed by atoms with van der Waals surface area (Å²) in [5.74, 6) is 0.923. The van der Waals surface area contributed by atoms with Crippen LogP contribution in [0.3, 0.4) is 0 Å². The molecule has 0 aliphatic carbocycles. The van der Waals surface area contributed by atoms with Crippen molar-refractivity contribution in [1.82, 2.24) is 14.3 Å². The molecule has 9 heteroatoms. The summed E-state index contributed by atoms with van der Waals surface area (Å²) in [7, 11) is 1.25. The maximum Gasteiger partial charge on any atom is 0.338 e. The van der Waals surface area contributed by atoms with Crippen molar-refractivity contribution in [2.45, 2.75) is 18.4 Å². The molecule has 0 spiro atoms. The molecule has 1 aromatic heterocycles. The first-order valence-corrected chi connectivity index (χ1v) is 9.07. The zero-order chi connectivity index (χ0) is 18.4. The highest BCUT2D eigenvalue weighted by molar-refractivity contribution is 7.90. The van der Waals surface area contributed by atoms with E-state index in [1.165, 1.54) is 11.0 Å². The second kappa shape index (κ2) is 5.99. The lowest BCUT2D eigenvalue weighted by Gasteiger charge is -2.33. The smallest absolute Gasteiger partial charge is 0.338 e. The first-order chi connectivity index (χ1) is 11.7.